The van der Waals surface area contributed by atoms with Gasteiger partial charge in [-0.15, -0.1) is 0 Å². The minimum atomic E-state index is -3.18. The third kappa shape index (κ3) is 4.13. The Bertz CT molecular complexity index is 1080. The van der Waals surface area contributed by atoms with Crippen LogP contribution in [-0.4, -0.2) is 65.4 Å². The second kappa shape index (κ2) is 8.47. The largest absolute Gasteiger partial charge is 0.342 e. The lowest BCUT2D eigenvalue weighted by atomic mass is 9.90. The fourth-order valence-corrected chi connectivity index (χ4v) is 5.70. The van der Waals surface area contributed by atoms with Crippen molar-refractivity contribution in [1.29, 1.82) is 0 Å². The van der Waals surface area contributed by atoms with Gasteiger partial charge in [0.2, 0.25) is 15.9 Å². The van der Waals surface area contributed by atoms with Crippen molar-refractivity contribution < 1.29 is 13.2 Å². The van der Waals surface area contributed by atoms with Crippen molar-refractivity contribution >= 4 is 26.8 Å². The summed E-state index contributed by atoms with van der Waals surface area (Å²) in [7, 11) is -3.18. The van der Waals surface area contributed by atoms with Crippen molar-refractivity contribution in [1.82, 2.24) is 19.2 Å². The van der Waals surface area contributed by atoms with E-state index in [1.54, 1.807) is 13.1 Å². The quantitative estimate of drug-likeness (QED) is 0.792. The number of sulfonamides is 1. The van der Waals surface area contributed by atoms with Gasteiger partial charge in [-0.1, -0.05) is 6.07 Å². The Morgan fingerprint density at radius 2 is 1.87 bits per heavy atom. The monoisotopic (exact) mass is 432 g/mol. The summed E-state index contributed by atoms with van der Waals surface area (Å²) >= 11 is 0. The Labute approximate surface area is 176 Å². The first kappa shape index (κ1) is 21.0. The maximum atomic E-state index is 12.9. The van der Waals surface area contributed by atoms with Gasteiger partial charge in [0.25, 0.3) is 5.56 Å². The first-order valence-corrected chi connectivity index (χ1v) is 12.2. The van der Waals surface area contributed by atoms with Gasteiger partial charge >= 0.3 is 0 Å². The van der Waals surface area contributed by atoms with E-state index in [1.807, 2.05) is 23.1 Å². The maximum absolute atomic E-state index is 12.9. The van der Waals surface area contributed by atoms with E-state index in [1.165, 1.54) is 4.31 Å². The molecule has 2 aromatic rings. The normalized spacial score (nSPS) is 20.0. The summed E-state index contributed by atoms with van der Waals surface area (Å²) in [4.78, 5) is 34.3. The molecule has 2 aromatic heterocycles. The van der Waals surface area contributed by atoms with E-state index in [2.05, 4.69) is 9.97 Å². The molecule has 0 aliphatic carbocycles. The van der Waals surface area contributed by atoms with Crippen LogP contribution >= 0.6 is 0 Å². The lowest BCUT2D eigenvalue weighted by molar-refractivity contribution is -0.137. The van der Waals surface area contributed by atoms with Gasteiger partial charge in [-0.2, -0.15) is 0 Å². The molecule has 0 bridgehead atoms. The summed E-state index contributed by atoms with van der Waals surface area (Å²) < 4.78 is 25.5. The zero-order chi connectivity index (χ0) is 21.3. The van der Waals surface area contributed by atoms with Gasteiger partial charge in [0, 0.05) is 55.3 Å². The minimum absolute atomic E-state index is 0.101. The molecule has 4 heterocycles. The summed E-state index contributed by atoms with van der Waals surface area (Å²) in [6.45, 7) is 3.81. The van der Waals surface area contributed by atoms with Gasteiger partial charge in [-0.25, -0.2) is 12.7 Å². The average Bonchev–Trinajstić information content (AvgIpc) is 2.79. The minimum Gasteiger partial charge on any atom is -0.342 e. The highest BCUT2D eigenvalue weighted by Gasteiger charge is 2.34. The van der Waals surface area contributed by atoms with Crippen molar-refractivity contribution in [3.05, 3.63) is 40.4 Å². The fraction of sp³-hybridized carbons (Fsp3) is 0.571. The van der Waals surface area contributed by atoms with E-state index in [4.69, 9.17) is 0 Å². The van der Waals surface area contributed by atoms with Crippen molar-refractivity contribution in [2.24, 2.45) is 5.92 Å². The molecule has 0 unspecified atom stereocenters. The summed E-state index contributed by atoms with van der Waals surface area (Å²) in [5.74, 6) is 0.351. The number of likely N-dealkylation sites (tertiary alicyclic amines) is 1. The summed E-state index contributed by atoms with van der Waals surface area (Å²) in [6, 6.07) is 5.71. The number of amides is 1. The Hall–Kier alpha value is -2.26. The molecule has 0 saturated carbocycles. The predicted molar refractivity (Wildman–Crippen MR) is 115 cm³/mol. The number of rotatable bonds is 4. The predicted octanol–water partition coefficient (Wildman–Crippen LogP) is 1.69. The molecule has 2 aliphatic rings. The standard InChI is InChI=1S/C21H28N4O4S/c1-2-30(28,29)25-12-7-16(8-13-25)21(27)24-10-5-15(6-11-24)18-14-17-4-3-9-22-19(17)20(26)23-18/h3-4,9,14-16H,2,5-8,10-13H2,1H3,(H,23,26). The average molecular weight is 433 g/mol. The van der Waals surface area contributed by atoms with E-state index in [-0.39, 0.29) is 29.1 Å². The maximum Gasteiger partial charge on any atom is 0.274 e. The number of carbonyl (C=O) groups is 1. The summed E-state index contributed by atoms with van der Waals surface area (Å²) in [5, 5.41) is 0.837. The van der Waals surface area contributed by atoms with Crippen LogP contribution in [0.1, 0.15) is 44.2 Å². The molecule has 2 aliphatic heterocycles. The SMILES string of the molecule is CCS(=O)(=O)N1CCC(C(=O)N2CCC(c3cc4cccnc4c(=O)[nH]3)CC2)CC1. The molecule has 2 saturated heterocycles. The lowest BCUT2D eigenvalue weighted by Crippen LogP contribution is -2.46. The highest BCUT2D eigenvalue weighted by Crippen LogP contribution is 2.29. The smallest absolute Gasteiger partial charge is 0.274 e. The number of pyridine rings is 2. The molecule has 4 rings (SSSR count). The molecular formula is C21H28N4O4S. The highest BCUT2D eigenvalue weighted by atomic mass is 32.2. The number of fused-ring (bicyclic) bond motifs is 1. The summed E-state index contributed by atoms with van der Waals surface area (Å²) in [5.41, 5.74) is 1.19. The third-order valence-corrected chi connectivity index (χ3v) is 8.31. The number of hydrogen-bond acceptors (Lipinski definition) is 5. The zero-order valence-corrected chi connectivity index (χ0v) is 18.0. The molecule has 0 aromatic carbocycles. The number of nitrogens with one attached hydrogen (secondary N) is 1. The Morgan fingerprint density at radius 1 is 1.17 bits per heavy atom. The number of nitrogens with zero attached hydrogens (tertiary/aromatic N) is 3. The number of hydrogen-bond donors (Lipinski definition) is 1. The van der Waals surface area contributed by atoms with E-state index < -0.39 is 10.0 Å². The van der Waals surface area contributed by atoms with E-state index in [0.717, 1.165) is 23.9 Å². The molecule has 0 spiro atoms. The molecule has 1 amide bonds. The van der Waals surface area contributed by atoms with Crippen molar-refractivity contribution in [2.45, 2.75) is 38.5 Å². The zero-order valence-electron chi connectivity index (χ0n) is 17.2. The van der Waals surface area contributed by atoms with Crippen molar-refractivity contribution in [3.8, 4) is 0 Å². The molecule has 162 valence electrons. The van der Waals surface area contributed by atoms with Crippen LogP contribution in [0.25, 0.3) is 10.9 Å². The van der Waals surface area contributed by atoms with Gasteiger partial charge in [0.05, 0.1) is 5.75 Å². The number of H-pyrrole nitrogens is 1. The van der Waals surface area contributed by atoms with E-state index in [0.29, 0.717) is 44.5 Å². The molecule has 0 atom stereocenters. The second-order valence-corrected chi connectivity index (χ2v) is 10.4. The van der Waals surface area contributed by atoms with Gasteiger partial charge < -0.3 is 9.88 Å². The van der Waals surface area contributed by atoms with Crippen LogP contribution in [-0.2, 0) is 14.8 Å². The van der Waals surface area contributed by atoms with Crippen LogP contribution in [0.5, 0.6) is 0 Å². The van der Waals surface area contributed by atoms with Crippen molar-refractivity contribution in [3.63, 3.8) is 0 Å². The van der Waals surface area contributed by atoms with Crippen molar-refractivity contribution in [2.75, 3.05) is 31.9 Å². The fourth-order valence-electron chi connectivity index (χ4n) is 4.57. The number of piperidine rings is 2. The first-order valence-electron chi connectivity index (χ1n) is 10.6. The Balaban J connectivity index is 1.36. The van der Waals surface area contributed by atoms with Crippen LogP contribution in [0.3, 0.4) is 0 Å². The lowest BCUT2D eigenvalue weighted by Gasteiger charge is -2.37. The molecular weight excluding hydrogens is 404 g/mol. The Morgan fingerprint density at radius 3 is 2.53 bits per heavy atom. The van der Waals surface area contributed by atoms with Crippen LogP contribution in [0, 0.1) is 5.92 Å². The van der Waals surface area contributed by atoms with Gasteiger partial charge in [-0.3, -0.25) is 14.6 Å². The van der Waals surface area contributed by atoms with Crippen LogP contribution in [0.4, 0.5) is 0 Å². The number of carbonyl (C=O) groups excluding carboxylic acids is 1. The van der Waals surface area contributed by atoms with Gasteiger partial charge in [-0.05, 0) is 44.7 Å². The number of aromatic amines is 1. The molecule has 8 nitrogen and oxygen atoms in total. The highest BCUT2D eigenvalue weighted by molar-refractivity contribution is 7.89. The molecule has 9 heteroatoms. The molecule has 0 radical (unpaired) electrons. The van der Waals surface area contributed by atoms with Crippen LogP contribution in [0.2, 0.25) is 0 Å². The van der Waals surface area contributed by atoms with E-state index in [9.17, 15) is 18.0 Å². The van der Waals surface area contributed by atoms with E-state index >= 15 is 0 Å². The Kier molecular flexibility index (Phi) is 5.92. The molecule has 2 fully saturated rings. The van der Waals surface area contributed by atoms with Crippen LogP contribution < -0.4 is 5.56 Å². The topological polar surface area (TPSA) is 103 Å². The first-order chi connectivity index (χ1) is 14.4. The van der Waals surface area contributed by atoms with Gasteiger partial charge in [0.1, 0.15) is 5.52 Å². The molecule has 1 N–H and O–H groups in total. The molecule has 30 heavy (non-hydrogen) atoms. The second-order valence-electron chi connectivity index (χ2n) is 8.17. The number of aromatic nitrogens is 2. The van der Waals surface area contributed by atoms with Crippen LogP contribution in [0.15, 0.2) is 29.2 Å². The summed E-state index contributed by atoms with van der Waals surface area (Å²) in [6.07, 6.45) is 4.39. The van der Waals surface area contributed by atoms with Gasteiger partial charge in [0.15, 0.2) is 0 Å². The third-order valence-electron chi connectivity index (χ3n) is 6.43.